The Balaban J connectivity index is 1.40. The molecule has 146 valence electrons. The fourth-order valence-electron chi connectivity index (χ4n) is 4.15. The van der Waals surface area contributed by atoms with Crippen molar-refractivity contribution in [2.75, 3.05) is 6.54 Å². The minimum atomic E-state index is -0.406. The van der Waals surface area contributed by atoms with E-state index in [9.17, 15) is 4.79 Å². The Morgan fingerprint density at radius 1 is 1.24 bits per heavy atom. The second kappa shape index (κ2) is 6.26. The Labute approximate surface area is 165 Å². The minimum Gasteiger partial charge on any atom is -0.417 e. The summed E-state index contributed by atoms with van der Waals surface area (Å²) in [7, 11) is 0. The van der Waals surface area contributed by atoms with Crippen LogP contribution in [0.4, 0.5) is 0 Å². The molecule has 0 aromatic carbocycles. The standard InChI is InChI=1S/C20H19N7O2/c28-20(19-24-23-18(29-19)12-4-3-5-12)26-9-7-14-16(22-11-21-14)17(26)15-10-13-6-1-2-8-27(13)25-15/h1-2,6,8,10-12,17H,3-5,7,9H2,(H,21,22)/t17-/m1/s1. The molecule has 1 amide bonds. The lowest BCUT2D eigenvalue weighted by atomic mass is 9.85. The number of H-pyrrole nitrogens is 1. The van der Waals surface area contributed by atoms with Gasteiger partial charge in [0.2, 0.25) is 5.89 Å². The van der Waals surface area contributed by atoms with Crippen molar-refractivity contribution in [2.45, 2.75) is 37.6 Å². The number of aromatic nitrogens is 6. The van der Waals surface area contributed by atoms with Gasteiger partial charge in [0.25, 0.3) is 0 Å². The third-order valence-corrected chi connectivity index (χ3v) is 5.93. The lowest BCUT2D eigenvalue weighted by Gasteiger charge is -2.32. The summed E-state index contributed by atoms with van der Waals surface area (Å²) in [6.45, 7) is 0.522. The SMILES string of the molecule is O=C(c1nnc(C2CCC2)o1)N1CCc2[nH]cnc2[C@H]1c1cc2ccccn2n1. The first-order chi connectivity index (χ1) is 14.3. The number of pyridine rings is 1. The maximum Gasteiger partial charge on any atom is 0.312 e. The van der Waals surface area contributed by atoms with Crippen LogP contribution in [0, 0.1) is 0 Å². The molecule has 1 aliphatic carbocycles. The number of carbonyl (C=O) groups is 1. The van der Waals surface area contributed by atoms with Gasteiger partial charge < -0.3 is 14.3 Å². The van der Waals surface area contributed by atoms with E-state index in [1.54, 1.807) is 15.7 Å². The number of rotatable bonds is 3. The van der Waals surface area contributed by atoms with Crippen LogP contribution >= 0.6 is 0 Å². The molecule has 4 aromatic rings. The van der Waals surface area contributed by atoms with Crippen LogP contribution < -0.4 is 0 Å². The summed E-state index contributed by atoms with van der Waals surface area (Å²) in [4.78, 5) is 22.8. The number of hydrogen-bond donors (Lipinski definition) is 1. The predicted molar refractivity (Wildman–Crippen MR) is 101 cm³/mol. The van der Waals surface area contributed by atoms with Gasteiger partial charge in [0.05, 0.1) is 23.2 Å². The molecule has 1 saturated carbocycles. The van der Waals surface area contributed by atoms with Crippen molar-refractivity contribution in [3.05, 3.63) is 65.7 Å². The lowest BCUT2D eigenvalue weighted by Crippen LogP contribution is -2.41. The molecule has 6 rings (SSSR count). The van der Waals surface area contributed by atoms with Gasteiger partial charge in [-0.1, -0.05) is 12.5 Å². The zero-order chi connectivity index (χ0) is 19.4. The summed E-state index contributed by atoms with van der Waals surface area (Å²) in [5.41, 5.74) is 3.56. The molecule has 9 nitrogen and oxygen atoms in total. The number of nitrogens with one attached hydrogen (secondary N) is 1. The topological polar surface area (TPSA) is 105 Å². The van der Waals surface area contributed by atoms with Crippen molar-refractivity contribution in [2.24, 2.45) is 0 Å². The van der Waals surface area contributed by atoms with Gasteiger partial charge in [0.1, 0.15) is 6.04 Å². The fraction of sp³-hybridized carbons (Fsp3) is 0.350. The Morgan fingerprint density at radius 2 is 2.17 bits per heavy atom. The Kier molecular flexibility index (Phi) is 3.56. The van der Waals surface area contributed by atoms with Crippen molar-refractivity contribution in [3.63, 3.8) is 0 Å². The van der Waals surface area contributed by atoms with Crippen molar-refractivity contribution in [1.29, 1.82) is 0 Å². The van der Waals surface area contributed by atoms with Gasteiger partial charge in [-0.05, 0) is 31.0 Å². The van der Waals surface area contributed by atoms with Crippen LogP contribution in [-0.4, -0.2) is 47.1 Å². The molecule has 5 heterocycles. The largest absolute Gasteiger partial charge is 0.417 e. The molecule has 4 aromatic heterocycles. The summed E-state index contributed by atoms with van der Waals surface area (Å²) in [5, 5.41) is 12.9. The molecule has 2 aliphatic rings. The molecule has 0 bridgehead atoms. The number of fused-ring (bicyclic) bond motifs is 2. The monoisotopic (exact) mass is 389 g/mol. The van der Waals surface area contributed by atoms with Crippen molar-refractivity contribution < 1.29 is 9.21 Å². The highest BCUT2D eigenvalue weighted by Gasteiger charge is 2.38. The molecule has 1 atom stereocenters. The smallest absolute Gasteiger partial charge is 0.312 e. The van der Waals surface area contributed by atoms with E-state index < -0.39 is 6.04 Å². The highest BCUT2D eigenvalue weighted by atomic mass is 16.4. The number of hydrogen-bond acceptors (Lipinski definition) is 6. The van der Waals surface area contributed by atoms with Crippen molar-refractivity contribution in [1.82, 2.24) is 34.7 Å². The van der Waals surface area contributed by atoms with Gasteiger partial charge >= 0.3 is 11.8 Å². The Bertz CT molecular complexity index is 1170. The van der Waals surface area contributed by atoms with E-state index in [1.807, 2.05) is 30.5 Å². The molecule has 0 spiro atoms. The van der Waals surface area contributed by atoms with Gasteiger partial charge in [-0.2, -0.15) is 5.10 Å². The molecule has 0 saturated heterocycles. The zero-order valence-corrected chi connectivity index (χ0v) is 15.7. The molecule has 9 heteroatoms. The van der Waals surface area contributed by atoms with Gasteiger partial charge in [0.15, 0.2) is 0 Å². The van der Waals surface area contributed by atoms with E-state index in [0.29, 0.717) is 18.9 Å². The number of nitrogens with zero attached hydrogens (tertiary/aromatic N) is 6. The summed E-state index contributed by atoms with van der Waals surface area (Å²) >= 11 is 0. The van der Waals surface area contributed by atoms with E-state index >= 15 is 0 Å². The van der Waals surface area contributed by atoms with Crippen LogP contribution in [0.5, 0.6) is 0 Å². The van der Waals surface area contributed by atoms with E-state index in [-0.39, 0.29) is 17.7 Å². The molecule has 29 heavy (non-hydrogen) atoms. The van der Waals surface area contributed by atoms with Gasteiger partial charge in [0, 0.05) is 30.8 Å². The average molecular weight is 389 g/mol. The first-order valence-corrected chi connectivity index (χ1v) is 9.89. The van der Waals surface area contributed by atoms with Crippen LogP contribution in [0.1, 0.15) is 64.9 Å². The number of imidazole rings is 1. The maximum atomic E-state index is 13.3. The summed E-state index contributed by atoms with van der Waals surface area (Å²) in [6.07, 6.45) is 7.50. The Hall–Kier alpha value is -3.49. The van der Waals surface area contributed by atoms with Crippen LogP contribution in [0.2, 0.25) is 0 Å². The minimum absolute atomic E-state index is 0.0413. The highest BCUT2D eigenvalue weighted by molar-refractivity contribution is 5.90. The van der Waals surface area contributed by atoms with Crippen molar-refractivity contribution >= 4 is 11.4 Å². The Morgan fingerprint density at radius 3 is 3.00 bits per heavy atom. The molecule has 1 N–H and O–H groups in total. The molecule has 0 unspecified atom stereocenters. The third-order valence-electron chi connectivity index (χ3n) is 5.93. The van der Waals surface area contributed by atoms with E-state index in [2.05, 4.69) is 20.2 Å². The van der Waals surface area contributed by atoms with Crippen LogP contribution in [0.25, 0.3) is 5.52 Å². The van der Waals surface area contributed by atoms with E-state index in [0.717, 1.165) is 35.4 Å². The first kappa shape index (κ1) is 16.5. The van der Waals surface area contributed by atoms with Gasteiger partial charge in [-0.15, -0.1) is 10.2 Å². The molecule has 0 radical (unpaired) electrons. The van der Waals surface area contributed by atoms with Gasteiger partial charge in [-0.3, -0.25) is 4.79 Å². The quantitative estimate of drug-likeness (QED) is 0.577. The average Bonchev–Trinajstić information content (AvgIpc) is 3.43. The molecule has 1 aliphatic heterocycles. The molecular weight excluding hydrogens is 370 g/mol. The van der Waals surface area contributed by atoms with E-state index in [4.69, 9.17) is 9.52 Å². The second-order valence-corrected chi connectivity index (χ2v) is 7.63. The normalized spacial score (nSPS) is 19.3. The highest BCUT2D eigenvalue weighted by Crippen LogP contribution is 2.37. The summed E-state index contributed by atoms with van der Waals surface area (Å²) < 4.78 is 7.55. The summed E-state index contributed by atoms with van der Waals surface area (Å²) in [6, 6.07) is 7.46. The van der Waals surface area contributed by atoms with Crippen LogP contribution in [0.3, 0.4) is 0 Å². The third kappa shape index (κ3) is 2.57. The second-order valence-electron chi connectivity index (χ2n) is 7.63. The van der Waals surface area contributed by atoms with Crippen LogP contribution in [0.15, 0.2) is 41.2 Å². The fourth-order valence-corrected chi connectivity index (χ4v) is 4.15. The summed E-state index contributed by atoms with van der Waals surface area (Å²) in [5.74, 6) is 0.623. The molecular formula is C20H19N7O2. The lowest BCUT2D eigenvalue weighted by molar-refractivity contribution is 0.0642. The van der Waals surface area contributed by atoms with Gasteiger partial charge in [-0.25, -0.2) is 9.50 Å². The molecule has 1 fully saturated rings. The maximum absolute atomic E-state index is 13.3. The van der Waals surface area contributed by atoms with Crippen LogP contribution in [-0.2, 0) is 6.42 Å². The van der Waals surface area contributed by atoms with Crippen molar-refractivity contribution in [3.8, 4) is 0 Å². The van der Waals surface area contributed by atoms with E-state index in [1.165, 1.54) is 6.42 Å². The predicted octanol–water partition coefficient (Wildman–Crippen LogP) is 2.50. The number of carbonyl (C=O) groups excluding carboxylic acids is 1. The first-order valence-electron chi connectivity index (χ1n) is 9.89. The number of aromatic amines is 1. The number of amides is 1. The zero-order valence-electron chi connectivity index (χ0n) is 15.7.